The van der Waals surface area contributed by atoms with Gasteiger partial charge in [-0.3, -0.25) is 14.4 Å². The number of carboxylic acid groups (broad SMARTS) is 1. The van der Waals surface area contributed by atoms with Crippen molar-refractivity contribution in [3.8, 4) is 0 Å². The van der Waals surface area contributed by atoms with Crippen molar-refractivity contribution in [2.45, 2.75) is 58.0 Å². The molecular weight excluding hydrogens is 429 g/mol. The minimum Gasteiger partial charge on any atom is -0.475 e. The molecule has 4 rings (SSSR count). The number of halogens is 3. The summed E-state index contributed by atoms with van der Waals surface area (Å²) < 4.78 is 39.4. The Bertz CT molecular complexity index is 913. The minimum absolute atomic E-state index is 0.194. The molecule has 11 heteroatoms. The van der Waals surface area contributed by atoms with Crippen LogP contribution in [-0.4, -0.2) is 67.9 Å². The van der Waals surface area contributed by atoms with Gasteiger partial charge in [0.05, 0.1) is 19.1 Å². The number of amides is 1. The van der Waals surface area contributed by atoms with Crippen LogP contribution in [0.4, 0.5) is 13.2 Å². The van der Waals surface area contributed by atoms with Gasteiger partial charge in [0.2, 0.25) is 5.91 Å². The number of carbonyl (C=O) groups excluding carboxylic acids is 1. The Morgan fingerprint density at radius 2 is 2.03 bits per heavy atom. The number of fused-ring (bicyclic) bond motifs is 1. The van der Waals surface area contributed by atoms with E-state index in [4.69, 9.17) is 14.3 Å². The third kappa shape index (κ3) is 5.90. The Labute approximate surface area is 183 Å². The fourth-order valence-electron chi connectivity index (χ4n) is 4.64. The Morgan fingerprint density at radius 1 is 1.31 bits per heavy atom. The number of hydrogen-bond donors (Lipinski definition) is 1. The standard InChI is InChI=1S/C19H26N4O2.C2HF3O2/c1-14-4-5-18(25-14)13-21-9-6-19-16(11-21)10-17(23(19)15(2)24)12-22-8-3-7-20-22;3-2(4,5)1(6)7/h3-5,7-8,16-17,19H,6,9-13H2,1-2H3;(H,6,7)/t16-,17?,19+;/m1./s1. The molecule has 2 aliphatic rings. The molecule has 0 bridgehead atoms. The predicted molar refractivity (Wildman–Crippen MR) is 107 cm³/mol. The van der Waals surface area contributed by atoms with Crippen LogP contribution >= 0.6 is 0 Å². The van der Waals surface area contributed by atoms with Gasteiger partial charge in [-0.05, 0) is 43.9 Å². The normalized spacial score (nSPS) is 23.4. The second-order valence-electron chi connectivity index (χ2n) is 8.21. The number of nitrogens with zero attached hydrogens (tertiary/aromatic N) is 4. The maximum absolute atomic E-state index is 12.3. The van der Waals surface area contributed by atoms with Crippen LogP contribution < -0.4 is 0 Å². The van der Waals surface area contributed by atoms with E-state index in [1.165, 1.54) is 0 Å². The number of piperidine rings is 1. The first-order valence-electron chi connectivity index (χ1n) is 10.4. The molecule has 2 aromatic rings. The lowest BCUT2D eigenvalue weighted by Gasteiger charge is -2.38. The molecule has 2 aliphatic heterocycles. The number of alkyl halides is 3. The van der Waals surface area contributed by atoms with E-state index < -0.39 is 12.1 Å². The summed E-state index contributed by atoms with van der Waals surface area (Å²) in [6.45, 7) is 7.38. The lowest BCUT2D eigenvalue weighted by atomic mass is 9.92. The molecule has 0 spiro atoms. The Morgan fingerprint density at radius 3 is 2.56 bits per heavy atom. The number of aromatic nitrogens is 2. The molecule has 1 amide bonds. The minimum atomic E-state index is -5.08. The Kier molecular flexibility index (Phi) is 7.27. The van der Waals surface area contributed by atoms with Gasteiger partial charge >= 0.3 is 12.1 Å². The summed E-state index contributed by atoms with van der Waals surface area (Å²) in [4.78, 5) is 25.8. The number of aryl methyl sites for hydroxylation is 1. The van der Waals surface area contributed by atoms with E-state index in [2.05, 4.69) is 21.0 Å². The van der Waals surface area contributed by atoms with Gasteiger partial charge in [-0.25, -0.2) is 4.79 Å². The molecule has 32 heavy (non-hydrogen) atoms. The van der Waals surface area contributed by atoms with Crippen LogP contribution in [0.15, 0.2) is 35.0 Å². The average molecular weight is 456 g/mol. The monoisotopic (exact) mass is 456 g/mol. The molecule has 2 fully saturated rings. The first-order valence-corrected chi connectivity index (χ1v) is 10.4. The first kappa shape index (κ1) is 23.8. The highest BCUT2D eigenvalue weighted by atomic mass is 19.4. The van der Waals surface area contributed by atoms with E-state index in [0.29, 0.717) is 12.0 Å². The van der Waals surface area contributed by atoms with Crippen LogP contribution in [0.1, 0.15) is 31.3 Å². The largest absolute Gasteiger partial charge is 0.490 e. The van der Waals surface area contributed by atoms with Gasteiger partial charge in [0.1, 0.15) is 11.5 Å². The zero-order valence-corrected chi connectivity index (χ0v) is 18.0. The molecule has 1 unspecified atom stereocenters. The average Bonchev–Trinajstić information content (AvgIpc) is 3.42. The van der Waals surface area contributed by atoms with E-state index in [1.807, 2.05) is 29.9 Å². The van der Waals surface area contributed by atoms with Gasteiger partial charge in [0.25, 0.3) is 0 Å². The molecular formula is C21H27F3N4O4. The molecule has 1 N–H and O–H groups in total. The van der Waals surface area contributed by atoms with Crippen molar-refractivity contribution in [3.05, 3.63) is 42.1 Å². The molecule has 0 aliphatic carbocycles. The number of rotatable bonds is 4. The number of hydrogen-bond acceptors (Lipinski definition) is 5. The Hall–Kier alpha value is -2.82. The molecule has 2 aromatic heterocycles. The van der Waals surface area contributed by atoms with Crippen molar-refractivity contribution in [3.63, 3.8) is 0 Å². The lowest BCUT2D eigenvalue weighted by molar-refractivity contribution is -0.192. The third-order valence-corrected chi connectivity index (χ3v) is 5.84. The predicted octanol–water partition coefficient (Wildman–Crippen LogP) is 2.93. The summed E-state index contributed by atoms with van der Waals surface area (Å²) in [7, 11) is 0. The van der Waals surface area contributed by atoms with E-state index in [-0.39, 0.29) is 11.9 Å². The number of likely N-dealkylation sites (tertiary alicyclic amines) is 2. The SMILES string of the molecule is CC(=O)N1C(Cn2cccn2)C[C@@H]2CN(Cc3ccc(C)o3)CC[C@@H]21.O=C(O)C(F)(F)F. The first-order chi connectivity index (χ1) is 15.0. The molecule has 0 radical (unpaired) electrons. The van der Waals surface area contributed by atoms with Gasteiger partial charge in [0.15, 0.2) is 0 Å². The summed E-state index contributed by atoms with van der Waals surface area (Å²) in [6, 6.07) is 6.65. The third-order valence-electron chi connectivity index (χ3n) is 5.84. The molecule has 4 heterocycles. The van der Waals surface area contributed by atoms with Crippen molar-refractivity contribution in [1.82, 2.24) is 19.6 Å². The summed E-state index contributed by atoms with van der Waals surface area (Å²) in [5.74, 6) is -0.0280. The molecule has 8 nitrogen and oxygen atoms in total. The highest BCUT2D eigenvalue weighted by Crippen LogP contribution is 2.36. The molecule has 0 saturated carbocycles. The highest BCUT2D eigenvalue weighted by molar-refractivity contribution is 5.74. The quantitative estimate of drug-likeness (QED) is 0.761. The van der Waals surface area contributed by atoms with Crippen LogP contribution in [-0.2, 0) is 22.7 Å². The Balaban J connectivity index is 0.000000360. The summed E-state index contributed by atoms with van der Waals surface area (Å²) in [6.07, 6.45) is 0.788. The van der Waals surface area contributed by atoms with Gasteiger partial charge < -0.3 is 14.4 Å². The van der Waals surface area contributed by atoms with Crippen molar-refractivity contribution >= 4 is 11.9 Å². The summed E-state index contributed by atoms with van der Waals surface area (Å²) in [5, 5.41) is 11.4. The van der Waals surface area contributed by atoms with E-state index in [0.717, 1.165) is 50.5 Å². The van der Waals surface area contributed by atoms with E-state index >= 15 is 0 Å². The maximum atomic E-state index is 12.3. The zero-order chi connectivity index (χ0) is 23.5. The summed E-state index contributed by atoms with van der Waals surface area (Å²) >= 11 is 0. The fourth-order valence-corrected chi connectivity index (χ4v) is 4.64. The van der Waals surface area contributed by atoms with Crippen molar-refractivity contribution in [2.24, 2.45) is 5.92 Å². The summed E-state index contributed by atoms with van der Waals surface area (Å²) in [5.41, 5.74) is 0. The molecule has 2 saturated heterocycles. The number of furan rings is 1. The maximum Gasteiger partial charge on any atom is 0.490 e. The van der Waals surface area contributed by atoms with Crippen LogP contribution in [0.3, 0.4) is 0 Å². The van der Waals surface area contributed by atoms with Crippen LogP contribution in [0, 0.1) is 12.8 Å². The van der Waals surface area contributed by atoms with Crippen molar-refractivity contribution in [1.29, 1.82) is 0 Å². The zero-order valence-electron chi connectivity index (χ0n) is 18.0. The van der Waals surface area contributed by atoms with Crippen LogP contribution in [0.5, 0.6) is 0 Å². The lowest BCUT2D eigenvalue weighted by Crippen LogP contribution is -2.48. The molecule has 176 valence electrons. The molecule has 3 atom stereocenters. The van der Waals surface area contributed by atoms with E-state index in [9.17, 15) is 18.0 Å². The van der Waals surface area contributed by atoms with Gasteiger partial charge in [0, 0.05) is 38.4 Å². The molecule has 0 aromatic carbocycles. The van der Waals surface area contributed by atoms with Crippen molar-refractivity contribution in [2.75, 3.05) is 13.1 Å². The van der Waals surface area contributed by atoms with Crippen LogP contribution in [0.25, 0.3) is 0 Å². The number of aliphatic carboxylic acids is 1. The number of carbonyl (C=O) groups is 2. The number of carboxylic acids is 1. The van der Waals surface area contributed by atoms with Gasteiger partial charge in [-0.1, -0.05) is 0 Å². The highest BCUT2D eigenvalue weighted by Gasteiger charge is 2.45. The van der Waals surface area contributed by atoms with E-state index in [1.54, 1.807) is 13.1 Å². The van der Waals surface area contributed by atoms with Crippen LogP contribution in [0.2, 0.25) is 0 Å². The fraction of sp³-hybridized carbons (Fsp3) is 0.571. The second-order valence-corrected chi connectivity index (χ2v) is 8.21. The van der Waals surface area contributed by atoms with Gasteiger partial charge in [-0.2, -0.15) is 18.3 Å². The van der Waals surface area contributed by atoms with Gasteiger partial charge in [-0.15, -0.1) is 0 Å². The van der Waals surface area contributed by atoms with Crippen molar-refractivity contribution < 1.29 is 32.3 Å². The smallest absolute Gasteiger partial charge is 0.475 e. The topological polar surface area (TPSA) is 91.8 Å². The second kappa shape index (κ2) is 9.76.